The van der Waals surface area contributed by atoms with Gasteiger partial charge in [-0.25, -0.2) is 18.1 Å². The van der Waals surface area contributed by atoms with E-state index in [0.717, 1.165) is 5.56 Å². The standard InChI is InChI=1S/C22H21N5O4S/c1-15-13-19(9-10-20(15)30-3)32(28,29)26-17-5-7-18(8-6-17)31-22-14-21(24-16(2)25-22)27-12-4-11-23-27/h4-14,26H,1-3H3. The fraction of sp³-hybridized carbons (Fsp3) is 0.136. The SMILES string of the molecule is COc1ccc(S(=O)(=O)Nc2ccc(Oc3cc(-n4cccn4)nc(C)n3)cc2)cc1C. The van der Waals surface area contributed by atoms with Crippen LogP contribution in [-0.2, 0) is 10.0 Å². The Hall–Kier alpha value is -3.92. The number of aryl methyl sites for hydroxylation is 2. The molecule has 0 radical (unpaired) electrons. The van der Waals surface area contributed by atoms with E-state index in [9.17, 15) is 8.42 Å². The van der Waals surface area contributed by atoms with Gasteiger partial charge in [0.25, 0.3) is 10.0 Å². The molecule has 0 saturated carbocycles. The molecule has 0 bridgehead atoms. The molecular weight excluding hydrogens is 430 g/mol. The third kappa shape index (κ3) is 4.70. The van der Waals surface area contributed by atoms with Gasteiger partial charge >= 0.3 is 0 Å². The molecule has 0 aliphatic heterocycles. The molecule has 0 aliphatic rings. The normalized spacial score (nSPS) is 11.2. The minimum Gasteiger partial charge on any atom is -0.496 e. The molecule has 4 rings (SSSR count). The van der Waals surface area contributed by atoms with E-state index >= 15 is 0 Å². The largest absolute Gasteiger partial charge is 0.496 e. The summed E-state index contributed by atoms with van der Waals surface area (Å²) in [5.41, 5.74) is 1.13. The second-order valence-electron chi connectivity index (χ2n) is 6.93. The third-order valence-corrected chi connectivity index (χ3v) is 5.92. The van der Waals surface area contributed by atoms with Crippen LogP contribution in [0.2, 0.25) is 0 Å². The number of anilines is 1. The van der Waals surface area contributed by atoms with Crippen LogP contribution in [0, 0.1) is 13.8 Å². The van der Waals surface area contributed by atoms with Crippen molar-refractivity contribution in [3.63, 3.8) is 0 Å². The predicted molar refractivity (Wildman–Crippen MR) is 119 cm³/mol. The first-order valence-corrected chi connectivity index (χ1v) is 11.1. The minimum absolute atomic E-state index is 0.152. The Morgan fingerprint density at radius 2 is 1.78 bits per heavy atom. The van der Waals surface area contributed by atoms with Crippen LogP contribution < -0.4 is 14.2 Å². The molecule has 2 aromatic carbocycles. The van der Waals surface area contributed by atoms with Crippen LogP contribution in [0.5, 0.6) is 17.4 Å². The molecule has 0 unspecified atom stereocenters. The summed E-state index contributed by atoms with van der Waals surface area (Å²) in [6.07, 6.45) is 3.43. The predicted octanol–water partition coefficient (Wildman–Crippen LogP) is 3.88. The van der Waals surface area contributed by atoms with Crippen LogP contribution in [-0.4, -0.2) is 35.3 Å². The Morgan fingerprint density at radius 1 is 1.00 bits per heavy atom. The van der Waals surface area contributed by atoms with Crippen molar-refractivity contribution < 1.29 is 17.9 Å². The number of rotatable bonds is 7. The number of ether oxygens (including phenoxy) is 2. The second-order valence-corrected chi connectivity index (χ2v) is 8.61. The molecule has 0 spiro atoms. The van der Waals surface area contributed by atoms with Gasteiger partial charge in [-0.2, -0.15) is 10.1 Å². The number of aromatic nitrogens is 4. The highest BCUT2D eigenvalue weighted by atomic mass is 32.2. The number of nitrogens with zero attached hydrogens (tertiary/aromatic N) is 4. The van der Waals surface area contributed by atoms with E-state index < -0.39 is 10.0 Å². The highest BCUT2D eigenvalue weighted by molar-refractivity contribution is 7.92. The van der Waals surface area contributed by atoms with Gasteiger partial charge in [0, 0.05) is 24.1 Å². The van der Waals surface area contributed by atoms with Crippen LogP contribution >= 0.6 is 0 Å². The summed E-state index contributed by atoms with van der Waals surface area (Å²) in [7, 11) is -2.20. The molecule has 9 nitrogen and oxygen atoms in total. The van der Waals surface area contributed by atoms with Crippen molar-refractivity contribution in [1.29, 1.82) is 0 Å². The average molecular weight is 452 g/mol. The third-order valence-electron chi connectivity index (χ3n) is 4.55. The molecule has 1 N–H and O–H groups in total. The van der Waals surface area contributed by atoms with Crippen LogP contribution in [0.4, 0.5) is 5.69 Å². The van der Waals surface area contributed by atoms with Crippen LogP contribution in [0.3, 0.4) is 0 Å². The number of methoxy groups -OCH3 is 1. The molecule has 4 aromatic rings. The molecule has 2 heterocycles. The van der Waals surface area contributed by atoms with Gasteiger partial charge in [-0.3, -0.25) is 4.72 Å². The number of nitrogens with one attached hydrogen (secondary N) is 1. The van der Waals surface area contributed by atoms with E-state index in [0.29, 0.717) is 34.7 Å². The van der Waals surface area contributed by atoms with Crippen molar-refractivity contribution in [2.45, 2.75) is 18.7 Å². The Labute approximate surface area is 185 Å². The summed E-state index contributed by atoms with van der Waals surface area (Å²) in [4.78, 5) is 8.78. The lowest BCUT2D eigenvalue weighted by molar-refractivity contribution is 0.411. The van der Waals surface area contributed by atoms with E-state index in [4.69, 9.17) is 9.47 Å². The second kappa shape index (κ2) is 8.67. The average Bonchev–Trinajstić information content (AvgIpc) is 3.29. The van der Waals surface area contributed by atoms with Crippen molar-refractivity contribution in [1.82, 2.24) is 19.7 Å². The molecule has 0 aliphatic carbocycles. The van der Waals surface area contributed by atoms with E-state index in [1.54, 1.807) is 86.6 Å². The summed E-state index contributed by atoms with van der Waals surface area (Å²) in [6, 6.07) is 14.7. The summed E-state index contributed by atoms with van der Waals surface area (Å²) in [6.45, 7) is 3.55. The van der Waals surface area contributed by atoms with E-state index in [-0.39, 0.29) is 4.90 Å². The van der Waals surface area contributed by atoms with E-state index in [2.05, 4.69) is 19.8 Å². The van der Waals surface area contributed by atoms with Crippen LogP contribution in [0.15, 0.2) is 71.9 Å². The van der Waals surface area contributed by atoms with Crippen molar-refractivity contribution in [3.8, 4) is 23.2 Å². The Morgan fingerprint density at radius 3 is 2.44 bits per heavy atom. The Kier molecular flexibility index (Phi) is 5.78. The smallest absolute Gasteiger partial charge is 0.261 e. The number of sulfonamides is 1. The number of benzene rings is 2. The quantitative estimate of drug-likeness (QED) is 0.454. The van der Waals surface area contributed by atoms with E-state index in [1.807, 2.05) is 0 Å². The molecule has 0 saturated heterocycles. The number of hydrogen-bond donors (Lipinski definition) is 1. The summed E-state index contributed by atoms with van der Waals surface area (Å²) in [5, 5.41) is 4.16. The van der Waals surface area contributed by atoms with Gasteiger partial charge in [0.05, 0.1) is 12.0 Å². The van der Waals surface area contributed by atoms with Crippen molar-refractivity contribution >= 4 is 15.7 Å². The van der Waals surface area contributed by atoms with Crippen LogP contribution in [0.25, 0.3) is 5.82 Å². The first-order chi connectivity index (χ1) is 15.3. The zero-order valence-corrected chi connectivity index (χ0v) is 18.5. The van der Waals surface area contributed by atoms with Crippen molar-refractivity contribution in [3.05, 3.63) is 78.4 Å². The maximum atomic E-state index is 12.7. The first-order valence-electron chi connectivity index (χ1n) is 9.65. The molecule has 164 valence electrons. The molecule has 32 heavy (non-hydrogen) atoms. The maximum Gasteiger partial charge on any atom is 0.261 e. The van der Waals surface area contributed by atoms with Gasteiger partial charge < -0.3 is 9.47 Å². The Balaban J connectivity index is 1.50. The monoisotopic (exact) mass is 451 g/mol. The highest BCUT2D eigenvalue weighted by Gasteiger charge is 2.16. The summed E-state index contributed by atoms with van der Waals surface area (Å²) >= 11 is 0. The van der Waals surface area contributed by atoms with E-state index in [1.165, 1.54) is 6.07 Å². The fourth-order valence-electron chi connectivity index (χ4n) is 3.04. The van der Waals surface area contributed by atoms with Gasteiger partial charge in [-0.15, -0.1) is 0 Å². The zero-order chi connectivity index (χ0) is 22.7. The van der Waals surface area contributed by atoms with Gasteiger partial charge in [-0.05, 0) is 67.9 Å². The highest BCUT2D eigenvalue weighted by Crippen LogP contribution is 2.26. The molecular formula is C22H21N5O4S. The van der Waals surface area contributed by atoms with Crippen LogP contribution in [0.1, 0.15) is 11.4 Å². The number of hydrogen-bond acceptors (Lipinski definition) is 7. The van der Waals surface area contributed by atoms with Gasteiger partial charge in [0.2, 0.25) is 5.88 Å². The Bertz CT molecular complexity index is 1340. The van der Waals surface area contributed by atoms with Gasteiger partial charge in [-0.1, -0.05) is 0 Å². The lowest BCUT2D eigenvalue weighted by atomic mass is 10.2. The van der Waals surface area contributed by atoms with Gasteiger partial charge in [0.15, 0.2) is 5.82 Å². The lowest BCUT2D eigenvalue weighted by Gasteiger charge is -2.11. The fourth-order valence-corrected chi connectivity index (χ4v) is 4.19. The molecule has 10 heteroatoms. The van der Waals surface area contributed by atoms with Crippen molar-refractivity contribution in [2.75, 3.05) is 11.8 Å². The zero-order valence-electron chi connectivity index (χ0n) is 17.7. The summed E-state index contributed by atoms with van der Waals surface area (Å²) < 4.78 is 40.6. The lowest BCUT2D eigenvalue weighted by Crippen LogP contribution is -2.13. The molecule has 2 aromatic heterocycles. The molecule has 0 amide bonds. The topological polar surface area (TPSA) is 108 Å². The maximum absolute atomic E-state index is 12.7. The first kappa shape index (κ1) is 21.3. The van der Waals surface area contributed by atoms with Gasteiger partial charge in [0.1, 0.15) is 17.3 Å². The molecule has 0 fully saturated rings. The van der Waals surface area contributed by atoms with Crippen molar-refractivity contribution in [2.24, 2.45) is 0 Å². The molecule has 0 atom stereocenters. The minimum atomic E-state index is -3.75. The summed E-state index contributed by atoms with van der Waals surface area (Å²) in [5.74, 6) is 2.59.